The molecule has 0 radical (unpaired) electrons. The van der Waals surface area contributed by atoms with Crippen molar-refractivity contribution in [3.8, 4) is 11.1 Å². The van der Waals surface area contributed by atoms with Crippen LogP contribution >= 0.6 is 0 Å². The lowest BCUT2D eigenvalue weighted by atomic mass is 9.97. The highest BCUT2D eigenvalue weighted by atomic mass is 19.1. The van der Waals surface area contributed by atoms with Crippen molar-refractivity contribution in [3.63, 3.8) is 0 Å². The molecule has 1 aliphatic heterocycles. The minimum absolute atomic E-state index is 0.00289. The van der Waals surface area contributed by atoms with Crippen molar-refractivity contribution in [1.29, 1.82) is 0 Å². The van der Waals surface area contributed by atoms with Gasteiger partial charge in [-0.3, -0.25) is 9.78 Å². The lowest BCUT2D eigenvalue weighted by Crippen LogP contribution is -2.46. The van der Waals surface area contributed by atoms with Gasteiger partial charge in [-0.1, -0.05) is 11.2 Å². The predicted molar refractivity (Wildman–Crippen MR) is 124 cm³/mol. The Hall–Kier alpha value is -3.26. The van der Waals surface area contributed by atoms with Gasteiger partial charge in [-0.05, 0) is 63.9 Å². The van der Waals surface area contributed by atoms with Crippen LogP contribution in [0.4, 0.5) is 10.1 Å². The molecule has 4 rings (SSSR count). The third-order valence-corrected chi connectivity index (χ3v) is 5.66. The molecule has 0 bridgehead atoms. The molecule has 33 heavy (non-hydrogen) atoms. The minimum atomic E-state index is -0.418. The second-order valence-electron chi connectivity index (χ2n) is 8.73. The van der Waals surface area contributed by atoms with Crippen molar-refractivity contribution in [1.82, 2.24) is 15.5 Å². The highest BCUT2D eigenvalue weighted by Crippen LogP contribution is 2.33. The molecule has 8 heteroatoms. The number of aromatic nitrogens is 2. The second-order valence-corrected chi connectivity index (χ2v) is 8.73. The lowest BCUT2D eigenvalue weighted by molar-refractivity contribution is -0.00540. The van der Waals surface area contributed by atoms with Gasteiger partial charge in [0.2, 0.25) is 0 Å². The Balaban J connectivity index is 1.73. The van der Waals surface area contributed by atoms with Gasteiger partial charge in [-0.15, -0.1) is 0 Å². The van der Waals surface area contributed by atoms with Crippen LogP contribution in [-0.2, 0) is 11.3 Å². The van der Waals surface area contributed by atoms with Gasteiger partial charge in [-0.25, -0.2) is 4.39 Å². The molecule has 1 saturated heterocycles. The van der Waals surface area contributed by atoms with E-state index in [-0.39, 0.29) is 30.3 Å². The summed E-state index contributed by atoms with van der Waals surface area (Å²) < 4.78 is 26.8. The van der Waals surface area contributed by atoms with E-state index in [2.05, 4.69) is 15.5 Å². The summed E-state index contributed by atoms with van der Waals surface area (Å²) in [7, 11) is 0. The fourth-order valence-corrected chi connectivity index (χ4v) is 4.39. The molecule has 3 aromatic rings. The van der Waals surface area contributed by atoms with Crippen LogP contribution in [0.1, 0.15) is 47.0 Å². The number of pyridine rings is 1. The Morgan fingerprint density at radius 3 is 2.39 bits per heavy atom. The van der Waals surface area contributed by atoms with Crippen molar-refractivity contribution in [2.45, 2.75) is 53.4 Å². The van der Waals surface area contributed by atoms with Crippen LogP contribution in [-0.4, -0.2) is 41.3 Å². The van der Waals surface area contributed by atoms with Crippen LogP contribution in [0.3, 0.4) is 0 Å². The molecule has 174 valence electrons. The van der Waals surface area contributed by atoms with Gasteiger partial charge in [0.15, 0.2) is 11.5 Å². The summed E-state index contributed by atoms with van der Waals surface area (Å²) in [6.45, 7) is 10.7. The monoisotopic (exact) mass is 452 g/mol. The predicted octanol–water partition coefficient (Wildman–Crippen LogP) is 4.34. The number of nitrogens with one attached hydrogen (secondary N) is 1. The number of hydrogen-bond acceptors (Lipinski definition) is 6. The summed E-state index contributed by atoms with van der Waals surface area (Å²) in [5.74, 6) is -0.233. The first-order valence-corrected chi connectivity index (χ1v) is 11.1. The standard InChI is InChI=1S/C25H29FN4O3/c1-14-8-19(9-15(2)28-14)20-6-7-23(30-12-17(4)32-18(5)13-30)24(26)21(20)11-27-25(31)22-10-16(3)33-29-22/h6-10,17-18H,11-13H2,1-5H3,(H,27,31). The maximum absolute atomic E-state index is 16.0. The molecule has 1 fully saturated rings. The van der Waals surface area contributed by atoms with E-state index < -0.39 is 5.91 Å². The number of carbonyl (C=O) groups excluding carboxylic acids is 1. The average Bonchev–Trinajstić information content (AvgIpc) is 3.17. The fourth-order valence-electron chi connectivity index (χ4n) is 4.39. The Bertz CT molecular complexity index is 1150. The van der Waals surface area contributed by atoms with Gasteiger partial charge in [0.1, 0.15) is 5.76 Å². The Labute approximate surface area is 192 Å². The topological polar surface area (TPSA) is 80.5 Å². The number of amides is 1. The molecule has 0 saturated carbocycles. The summed E-state index contributed by atoms with van der Waals surface area (Å²) >= 11 is 0. The molecule has 1 aromatic carbocycles. The smallest absolute Gasteiger partial charge is 0.273 e. The van der Waals surface area contributed by atoms with Gasteiger partial charge in [0.25, 0.3) is 5.91 Å². The molecule has 3 heterocycles. The zero-order valence-electron chi connectivity index (χ0n) is 19.6. The van der Waals surface area contributed by atoms with E-state index in [4.69, 9.17) is 9.26 Å². The maximum Gasteiger partial charge on any atom is 0.273 e. The number of rotatable bonds is 5. The van der Waals surface area contributed by atoms with E-state index in [9.17, 15) is 4.79 Å². The summed E-state index contributed by atoms with van der Waals surface area (Å²) in [5.41, 5.74) is 4.35. The lowest BCUT2D eigenvalue weighted by Gasteiger charge is -2.37. The average molecular weight is 453 g/mol. The van der Waals surface area contributed by atoms with Crippen LogP contribution in [0.2, 0.25) is 0 Å². The van der Waals surface area contributed by atoms with E-state index in [1.54, 1.807) is 13.0 Å². The Kier molecular flexibility index (Phi) is 6.47. The van der Waals surface area contributed by atoms with E-state index >= 15 is 4.39 Å². The van der Waals surface area contributed by atoms with Crippen LogP contribution < -0.4 is 10.2 Å². The Morgan fingerprint density at radius 2 is 1.79 bits per heavy atom. The van der Waals surface area contributed by atoms with Crippen LogP contribution in [0.25, 0.3) is 11.1 Å². The zero-order chi connectivity index (χ0) is 23.7. The van der Waals surface area contributed by atoms with Gasteiger partial charge < -0.3 is 19.5 Å². The van der Waals surface area contributed by atoms with Crippen molar-refractivity contribution in [3.05, 3.63) is 64.6 Å². The van der Waals surface area contributed by atoms with E-state index in [1.807, 2.05) is 56.9 Å². The number of aryl methyl sites for hydroxylation is 3. The van der Waals surface area contributed by atoms with Crippen LogP contribution in [0.15, 0.2) is 34.9 Å². The number of anilines is 1. The Morgan fingerprint density at radius 1 is 1.12 bits per heavy atom. The van der Waals surface area contributed by atoms with Crippen molar-refractivity contribution in [2.24, 2.45) is 0 Å². The fraction of sp³-hybridized carbons (Fsp3) is 0.400. The van der Waals surface area contributed by atoms with Gasteiger partial charge in [0.05, 0.1) is 17.9 Å². The van der Waals surface area contributed by atoms with Crippen molar-refractivity contribution < 1.29 is 18.4 Å². The van der Waals surface area contributed by atoms with Crippen molar-refractivity contribution in [2.75, 3.05) is 18.0 Å². The number of halogens is 1. The molecule has 1 N–H and O–H groups in total. The molecule has 1 amide bonds. The number of ether oxygens (including phenoxy) is 1. The SMILES string of the molecule is Cc1cc(-c2ccc(N3CC(C)OC(C)C3)c(F)c2CNC(=O)c2cc(C)on2)cc(C)n1. The number of benzene rings is 1. The first-order valence-electron chi connectivity index (χ1n) is 11.1. The van der Waals surface area contributed by atoms with Gasteiger partial charge in [-0.2, -0.15) is 0 Å². The molecular formula is C25H29FN4O3. The first kappa shape index (κ1) is 22.9. The molecule has 0 aliphatic carbocycles. The second kappa shape index (κ2) is 9.31. The summed E-state index contributed by atoms with van der Waals surface area (Å²) in [6, 6.07) is 9.13. The first-order chi connectivity index (χ1) is 15.7. The molecule has 7 nitrogen and oxygen atoms in total. The number of hydrogen-bond donors (Lipinski definition) is 1. The highest BCUT2D eigenvalue weighted by molar-refractivity contribution is 5.92. The van der Waals surface area contributed by atoms with Gasteiger partial charge >= 0.3 is 0 Å². The summed E-state index contributed by atoms with van der Waals surface area (Å²) in [6.07, 6.45) is -0.00578. The summed E-state index contributed by atoms with van der Waals surface area (Å²) in [5, 5.41) is 6.55. The molecule has 0 spiro atoms. The zero-order valence-corrected chi connectivity index (χ0v) is 19.6. The molecule has 2 atom stereocenters. The van der Waals surface area contributed by atoms with E-state index in [0.717, 1.165) is 22.5 Å². The van der Waals surface area contributed by atoms with E-state index in [0.29, 0.717) is 30.1 Å². The molecular weight excluding hydrogens is 423 g/mol. The number of nitrogens with zero attached hydrogens (tertiary/aromatic N) is 3. The van der Waals surface area contributed by atoms with Crippen LogP contribution in [0.5, 0.6) is 0 Å². The maximum atomic E-state index is 16.0. The van der Waals surface area contributed by atoms with Crippen molar-refractivity contribution >= 4 is 11.6 Å². The minimum Gasteiger partial charge on any atom is -0.372 e. The largest absolute Gasteiger partial charge is 0.372 e. The van der Waals surface area contributed by atoms with Gasteiger partial charge in [0, 0.05) is 42.7 Å². The number of morpholine rings is 1. The third-order valence-electron chi connectivity index (χ3n) is 5.66. The van der Waals surface area contributed by atoms with E-state index in [1.165, 1.54) is 0 Å². The third kappa shape index (κ3) is 5.06. The number of carbonyl (C=O) groups is 1. The quantitative estimate of drug-likeness (QED) is 0.620. The molecule has 2 aromatic heterocycles. The molecule has 1 aliphatic rings. The summed E-state index contributed by atoms with van der Waals surface area (Å²) in [4.78, 5) is 19.0. The van der Waals surface area contributed by atoms with Crippen LogP contribution in [0, 0.1) is 26.6 Å². The highest BCUT2D eigenvalue weighted by Gasteiger charge is 2.26. The molecule has 2 unspecified atom stereocenters. The normalized spacial score (nSPS) is 18.4.